The van der Waals surface area contributed by atoms with Gasteiger partial charge in [0.15, 0.2) is 5.78 Å². The highest BCUT2D eigenvalue weighted by molar-refractivity contribution is 6.04. The monoisotopic (exact) mass is 267 g/mol. The SMILES string of the molecule is CC[N+](/C=C/C(=O)c1ccccc1)(CC)CC.[Cl-]. The molecule has 0 heterocycles. The summed E-state index contributed by atoms with van der Waals surface area (Å²) in [5.74, 6) is 0.0865. The highest BCUT2D eigenvalue weighted by Crippen LogP contribution is 2.08. The van der Waals surface area contributed by atoms with E-state index in [1.165, 1.54) is 0 Å². The minimum absolute atomic E-state index is 0. The number of ketones is 1. The highest BCUT2D eigenvalue weighted by atomic mass is 35.5. The normalized spacial score (nSPS) is 11.3. The number of hydrogen-bond acceptors (Lipinski definition) is 1. The Morgan fingerprint density at radius 3 is 2.00 bits per heavy atom. The summed E-state index contributed by atoms with van der Waals surface area (Å²) in [5.41, 5.74) is 0.755. The fourth-order valence-electron chi connectivity index (χ4n) is 1.91. The Morgan fingerprint density at radius 1 is 1.06 bits per heavy atom. The predicted molar refractivity (Wildman–Crippen MR) is 71.8 cm³/mol. The summed E-state index contributed by atoms with van der Waals surface area (Å²) in [6, 6.07) is 9.41. The first-order valence-corrected chi connectivity index (χ1v) is 6.32. The smallest absolute Gasteiger partial charge is 0.191 e. The molecule has 0 bridgehead atoms. The molecule has 2 nitrogen and oxygen atoms in total. The summed E-state index contributed by atoms with van der Waals surface area (Å²) in [6.07, 6.45) is 3.75. The third kappa shape index (κ3) is 4.28. The predicted octanol–water partition coefficient (Wildman–Crippen LogP) is 0.264. The van der Waals surface area contributed by atoms with Crippen LogP contribution < -0.4 is 12.4 Å². The van der Waals surface area contributed by atoms with Crippen molar-refractivity contribution in [3.63, 3.8) is 0 Å². The first kappa shape index (κ1) is 16.9. The zero-order valence-electron chi connectivity index (χ0n) is 11.4. The van der Waals surface area contributed by atoms with Crippen molar-refractivity contribution in [1.82, 2.24) is 0 Å². The molecule has 0 aliphatic carbocycles. The van der Waals surface area contributed by atoms with Crippen molar-refractivity contribution in [3.05, 3.63) is 48.2 Å². The zero-order chi connectivity index (χ0) is 12.7. The van der Waals surface area contributed by atoms with Crippen LogP contribution in [-0.2, 0) is 0 Å². The van der Waals surface area contributed by atoms with Gasteiger partial charge in [-0.2, -0.15) is 0 Å². The van der Waals surface area contributed by atoms with Crippen LogP contribution >= 0.6 is 0 Å². The third-order valence-corrected chi connectivity index (χ3v) is 3.49. The summed E-state index contributed by atoms with van der Waals surface area (Å²) in [5, 5.41) is 0. The van der Waals surface area contributed by atoms with E-state index >= 15 is 0 Å². The van der Waals surface area contributed by atoms with Crippen LogP contribution in [0.3, 0.4) is 0 Å². The molecule has 0 saturated heterocycles. The van der Waals surface area contributed by atoms with Crippen LogP contribution in [0.1, 0.15) is 31.1 Å². The number of allylic oxidation sites excluding steroid dienone is 1. The van der Waals surface area contributed by atoms with Crippen LogP contribution in [0, 0.1) is 0 Å². The largest absolute Gasteiger partial charge is 1.00 e. The van der Waals surface area contributed by atoms with Crippen LogP contribution in [0.5, 0.6) is 0 Å². The van der Waals surface area contributed by atoms with Gasteiger partial charge < -0.3 is 12.4 Å². The average molecular weight is 268 g/mol. The Bertz CT molecular complexity index is 374. The average Bonchev–Trinajstić information content (AvgIpc) is 2.41. The van der Waals surface area contributed by atoms with Crippen LogP contribution in [0.15, 0.2) is 42.6 Å². The van der Waals surface area contributed by atoms with Crippen molar-refractivity contribution >= 4 is 5.78 Å². The van der Waals surface area contributed by atoms with Gasteiger partial charge in [-0.1, -0.05) is 30.3 Å². The quantitative estimate of drug-likeness (QED) is 0.411. The molecule has 0 fully saturated rings. The first-order valence-electron chi connectivity index (χ1n) is 6.32. The van der Waals surface area contributed by atoms with Gasteiger partial charge in [-0.05, 0) is 20.8 Å². The van der Waals surface area contributed by atoms with Gasteiger partial charge >= 0.3 is 0 Å². The summed E-state index contributed by atoms with van der Waals surface area (Å²) in [4.78, 5) is 11.9. The van der Waals surface area contributed by atoms with Gasteiger partial charge in [0.1, 0.15) is 0 Å². The number of hydrogen-bond donors (Lipinski definition) is 0. The molecule has 0 amide bonds. The molecule has 3 heteroatoms. The van der Waals surface area contributed by atoms with Crippen molar-refractivity contribution in [3.8, 4) is 0 Å². The molecule has 1 aromatic rings. The second-order valence-corrected chi connectivity index (χ2v) is 4.21. The molecular formula is C15H22ClNO. The minimum atomic E-state index is 0. The number of carbonyl (C=O) groups is 1. The summed E-state index contributed by atoms with van der Waals surface area (Å²) >= 11 is 0. The van der Waals surface area contributed by atoms with Crippen LogP contribution in [-0.4, -0.2) is 29.9 Å². The summed E-state index contributed by atoms with van der Waals surface area (Å²) in [7, 11) is 0. The molecule has 0 aromatic heterocycles. The van der Waals surface area contributed by atoms with E-state index in [4.69, 9.17) is 0 Å². The van der Waals surface area contributed by atoms with E-state index in [9.17, 15) is 4.79 Å². The van der Waals surface area contributed by atoms with E-state index in [0.29, 0.717) is 0 Å². The number of nitrogens with zero attached hydrogens (tertiary/aromatic N) is 1. The van der Waals surface area contributed by atoms with E-state index in [1.807, 2.05) is 36.5 Å². The van der Waals surface area contributed by atoms with E-state index in [1.54, 1.807) is 6.08 Å². The first-order chi connectivity index (χ1) is 8.17. The maximum absolute atomic E-state index is 11.9. The molecule has 100 valence electrons. The van der Waals surface area contributed by atoms with Gasteiger partial charge in [-0.3, -0.25) is 9.28 Å². The number of carbonyl (C=O) groups excluding carboxylic acids is 1. The lowest BCUT2D eigenvalue weighted by molar-refractivity contribution is -0.874. The lowest BCUT2D eigenvalue weighted by atomic mass is 10.1. The maximum atomic E-state index is 11.9. The molecule has 0 aliphatic heterocycles. The van der Waals surface area contributed by atoms with Gasteiger partial charge in [0.2, 0.25) is 0 Å². The third-order valence-electron chi connectivity index (χ3n) is 3.49. The Kier molecular flexibility index (Phi) is 7.56. The Balaban J connectivity index is 0.00000289. The molecule has 1 rings (SSSR count). The van der Waals surface area contributed by atoms with Crippen molar-refractivity contribution < 1.29 is 21.7 Å². The Hall–Kier alpha value is -1.12. The maximum Gasteiger partial charge on any atom is 0.191 e. The van der Waals surface area contributed by atoms with E-state index in [2.05, 4.69) is 20.8 Å². The fraction of sp³-hybridized carbons (Fsp3) is 0.400. The zero-order valence-corrected chi connectivity index (χ0v) is 12.2. The molecular weight excluding hydrogens is 246 g/mol. The molecule has 0 atom stereocenters. The second-order valence-electron chi connectivity index (χ2n) is 4.21. The van der Waals surface area contributed by atoms with Gasteiger partial charge in [0.05, 0.1) is 25.8 Å². The Labute approximate surface area is 116 Å². The van der Waals surface area contributed by atoms with Gasteiger partial charge in [-0.25, -0.2) is 0 Å². The number of halogens is 1. The van der Waals surface area contributed by atoms with E-state index in [0.717, 1.165) is 29.7 Å². The van der Waals surface area contributed by atoms with Gasteiger partial charge in [-0.15, -0.1) is 0 Å². The van der Waals surface area contributed by atoms with Gasteiger partial charge in [0.25, 0.3) is 0 Å². The van der Waals surface area contributed by atoms with Crippen LogP contribution in [0.2, 0.25) is 0 Å². The summed E-state index contributed by atoms with van der Waals surface area (Å²) < 4.78 is 0.860. The molecule has 0 unspecified atom stereocenters. The topological polar surface area (TPSA) is 17.1 Å². The lowest BCUT2D eigenvalue weighted by Gasteiger charge is -2.31. The number of benzene rings is 1. The van der Waals surface area contributed by atoms with Crippen molar-refractivity contribution in [2.75, 3.05) is 19.6 Å². The van der Waals surface area contributed by atoms with Gasteiger partial charge in [0, 0.05) is 11.6 Å². The summed E-state index contributed by atoms with van der Waals surface area (Å²) in [6.45, 7) is 9.53. The molecule has 18 heavy (non-hydrogen) atoms. The fourth-order valence-corrected chi connectivity index (χ4v) is 1.91. The molecule has 0 spiro atoms. The van der Waals surface area contributed by atoms with E-state index in [-0.39, 0.29) is 18.2 Å². The molecule has 0 radical (unpaired) electrons. The van der Waals surface area contributed by atoms with Crippen molar-refractivity contribution in [2.24, 2.45) is 0 Å². The molecule has 0 aliphatic rings. The highest BCUT2D eigenvalue weighted by Gasteiger charge is 2.17. The van der Waals surface area contributed by atoms with Crippen molar-refractivity contribution in [2.45, 2.75) is 20.8 Å². The van der Waals surface area contributed by atoms with Crippen molar-refractivity contribution in [1.29, 1.82) is 0 Å². The molecule has 0 saturated carbocycles. The molecule has 1 aromatic carbocycles. The molecule has 0 N–H and O–H groups in total. The van der Waals surface area contributed by atoms with E-state index < -0.39 is 0 Å². The Morgan fingerprint density at radius 2 is 1.56 bits per heavy atom. The van der Waals surface area contributed by atoms with Crippen LogP contribution in [0.4, 0.5) is 0 Å². The standard InChI is InChI=1S/C15H22NO.ClH/c1-4-16(5-2,6-3)13-12-15(17)14-10-8-7-9-11-14;/h7-13H,4-6H2,1-3H3;1H/q+1;/p-1/b13-12+;. The lowest BCUT2D eigenvalue weighted by Crippen LogP contribution is -3.00. The second kappa shape index (κ2) is 8.06. The number of quaternary nitrogens is 1. The number of rotatable bonds is 6. The minimum Gasteiger partial charge on any atom is -1.00 e. The van der Waals surface area contributed by atoms with Crippen LogP contribution in [0.25, 0.3) is 0 Å².